The molecule has 1 saturated heterocycles. The molecule has 1 heterocycles. The second kappa shape index (κ2) is 5.38. The first kappa shape index (κ1) is 14.1. The second-order valence-corrected chi connectivity index (χ2v) is 6.46. The molecular formula is C14H25ClN2O. The lowest BCUT2D eigenvalue weighted by molar-refractivity contribution is -0.123. The Morgan fingerprint density at radius 3 is 2.67 bits per heavy atom. The number of hydrogen-bond acceptors (Lipinski definition) is 2. The molecule has 1 aliphatic heterocycles. The normalized spacial score (nSPS) is 30.4. The van der Waals surface area contributed by atoms with Gasteiger partial charge in [0.15, 0.2) is 0 Å². The molecule has 18 heavy (non-hydrogen) atoms. The van der Waals surface area contributed by atoms with Gasteiger partial charge in [-0.05, 0) is 57.0 Å². The Morgan fingerprint density at radius 2 is 2.06 bits per heavy atom. The summed E-state index contributed by atoms with van der Waals surface area (Å²) in [6.45, 7) is 4.36. The third-order valence-corrected chi connectivity index (χ3v) is 4.88. The molecule has 2 unspecified atom stereocenters. The van der Waals surface area contributed by atoms with Crippen LogP contribution < -0.4 is 10.6 Å². The Hall–Kier alpha value is -0.280. The van der Waals surface area contributed by atoms with Crippen molar-refractivity contribution in [3.8, 4) is 0 Å². The first-order valence-electron chi connectivity index (χ1n) is 7.21. The fourth-order valence-corrected chi connectivity index (χ4v) is 3.45. The zero-order valence-corrected chi connectivity index (χ0v) is 12.0. The van der Waals surface area contributed by atoms with Crippen LogP contribution in [-0.2, 0) is 4.79 Å². The minimum Gasteiger partial charge on any atom is -0.353 e. The highest BCUT2D eigenvalue weighted by Gasteiger charge is 2.57. The number of carbonyl (C=O) groups is 1. The van der Waals surface area contributed by atoms with Gasteiger partial charge in [0.05, 0.1) is 0 Å². The number of carbonyl (C=O) groups excluding carboxylic acids is 1. The summed E-state index contributed by atoms with van der Waals surface area (Å²) in [5, 5.41) is 6.61. The first-order valence-corrected chi connectivity index (χ1v) is 7.21. The second-order valence-electron chi connectivity index (χ2n) is 6.46. The zero-order chi connectivity index (χ0) is 11.9. The summed E-state index contributed by atoms with van der Waals surface area (Å²) >= 11 is 0. The number of nitrogens with one attached hydrogen (secondary N) is 2. The molecule has 3 nitrogen and oxygen atoms in total. The SMILES string of the molecule is CC(CC1CC1)NC(=O)C1CC12CCNCC2.Cl. The number of rotatable bonds is 4. The first-order chi connectivity index (χ1) is 8.20. The van der Waals surface area contributed by atoms with Gasteiger partial charge in [-0.1, -0.05) is 12.8 Å². The van der Waals surface area contributed by atoms with E-state index in [9.17, 15) is 4.79 Å². The van der Waals surface area contributed by atoms with Gasteiger partial charge in [-0.2, -0.15) is 0 Å². The molecule has 3 rings (SSSR count). The van der Waals surface area contributed by atoms with E-state index in [4.69, 9.17) is 0 Å². The predicted molar refractivity (Wildman–Crippen MR) is 74.8 cm³/mol. The Labute approximate surface area is 116 Å². The molecule has 0 aromatic rings. The number of halogens is 1. The van der Waals surface area contributed by atoms with Crippen molar-refractivity contribution in [2.75, 3.05) is 13.1 Å². The van der Waals surface area contributed by atoms with Gasteiger partial charge in [0.2, 0.25) is 5.91 Å². The van der Waals surface area contributed by atoms with Crippen molar-refractivity contribution in [2.24, 2.45) is 17.3 Å². The molecule has 2 atom stereocenters. The van der Waals surface area contributed by atoms with E-state index in [1.165, 1.54) is 32.1 Å². The lowest BCUT2D eigenvalue weighted by atomic mass is 9.91. The lowest BCUT2D eigenvalue weighted by Crippen LogP contribution is -2.37. The number of piperidine rings is 1. The average Bonchev–Trinajstić information content (AvgIpc) is 3.19. The lowest BCUT2D eigenvalue weighted by Gasteiger charge is -2.23. The summed E-state index contributed by atoms with van der Waals surface area (Å²) < 4.78 is 0. The van der Waals surface area contributed by atoms with E-state index in [-0.39, 0.29) is 12.4 Å². The van der Waals surface area contributed by atoms with Gasteiger partial charge in [0, 0.05) is 12.0 Å². The fraction of sp³-hybridized carbons (Fsp3) is 0.929. The zero-order valence-electron chi connectivity index (χ0n) is 11.2. The Morgan fingerprint density at radius 1 is 1.39 bits per heavy atom. The van der Waals surface area contributed by atoms with E-state index in [0.29, 0.717) is 23.3 Å². The molecule has 0 aromatic carbocycles. The van der Waals surface area contributed by atoms with Crippen LogP contribution in [-0.4, -0.2) is 25.0 Å². The summed E-state index contributed by atoms with van der Waals surface area (Å²) in [6.07, 6.45) is 7.46. The highest BCUT2D eigenvalue weighted by molar-refractivity contribution is 5.85. The van der Waals surface area contributed by atoms with Crippen molar-refractivity contribution in [3.05, 3.63) is 0 Å². The molecule has 1 spiro atoms. The monoisotopic (exact) mass is 272 g/mol. The smallest absolute Gasteiger partial charge is 0.223 e. The molecular weight excluding hydrogens is 248 g/mol. The van der Waals surface area contributed by atoms with Gasteiger partial charge in [-0.25, -0.2) is 0 Å². The van der Waals surface area contributed by atoms with Crippen molar-refractivity contribution in [1.29, 1.82) is 0 Å². The Kier molecular flexibility index (Phi) is 4.22. The maximum Gasteiger partial charge on any atom is 0.223 e. The number of amides is 1. The molecule has 104 valence electrons. The molecule has 3 aliphatic rings. The van der Waals surface area contributed by atoms with Crippen LogP contribution in [0.15, 0.2) is 0 Å². The average molecular weight is 273 g/mol. The molecule has 2 aliphatic carbocycles. The summed E-state index contributed by atoms with van der Waals surface area (Å²) in [5.41, 5.74) is 0.384. The van der Waals surface area contributed by atoms with E-state index in [1.807, 2.05) is 0 Å². The topological polar surface area (TPSA) is 41.1 Å². The predicted octanol–water partition coefficient (Wildman–Crippen LogP) is 2.10. The summed E-state index contributed by atoms with van der Waals surface area (Å²) in [6, 6.07) is 0.384. The van der Waals surface area contributed by atoms with Crippen LogP contribution in [0.1, 0.15) is 45.4 Å². The fourth-order valence-electron chi connectivity index (χ4n) is 3.45. The minimum atomic E-state index is 0. The maximum atomic E-state index is 12.2. The van der Waals surface area contributed by atoms with Crippen molar-refractivity contribution in [1.82, 2.24) is 10.6 Å². The van der Waals surface area contributed by atoms with Gasteiger partial charge >= 0.3 is 0 Å². The van der Waals surface area contributed by atoms with Gasteiger partial charge in [-0.15, -0.1) is 12.4 Å². The Bertz CT molecular complexity index is 311. The third-order valence-electron chi connectivity index (χ3n) is 4.88. The van der Waals surface area contributed by atoms with Crippen LogP contribution in [0.4, 0.5) is 0 Å². The largest absolute Gasteiger partial charge is 0.353 e. The van der Waals surface area contributed by atoms with E-state index >= 15 is 0 Å². The van der Waals surface area contributed by atoms with E-state index in [0.717, 1.165) is 25.4 Å². The van der Waals surface area contributed by atoms with Crippen molar-refractivity contribution in [2.45, 2.75) is 51.5 Å². The summed E-state index contributed by atoms with van der Waals surface area (Å²) in [4.78, 5) is 12.2. The van der Waals surface area contributed by atoms with Gasteiger partial charge in [0.1, 0.15) is 0 Å². The molecule has 2 N–H and O–H groups in total. The van der Waals surface area contributed by atoms with Crippen LogP contribution >= 0.6 is 12.4 Å². The molecule has 2 saturated carbocycles. The number of hydrogen-bond donors (Lipinski definition) is 2. The highest BCUT2D eigenvalue weighted by Crippen LogP contribution is 2.58. The molecule has 0 bridgehead atoms. The summed E-state index contributed by atoms with van der Waals surface area (Å²) in [7, 11) is 0. The third kappa shape index (κ3) is 3.00. The van der Waals surface area contributed by atoms with Gasteiger partial charge in [-0.3, -0.25) is 4.79 Å². The molecule has 3 fully saturated rings. The van der Waals surface area contributed by atoms with E-state index in [1.54, 1.807) is 0 Å². The van der Waals surface area contributed by atoms with E-state index < -0.39 is 0 Å². The summed E-state index contributed by atoms with van der Waals surface area (Å²) in [5.74, 6) is 1.56. The standard InChI is InChI=1S/C14H24N2O.ClH/c1-10(8-11-2-3-11)16-13(17)12-9-14(12)4-6-15-7-5-14;/h10-12,15H,2-9H2,1H3,(H,16,17);1H. The van der Waals surface area contributed by atoms with Crippen LogP contribution in [0.3, 0.4) is 0 Å². The van der Waals surface area contributed by atoms with Gasteiger partial charge in [0.25, 0.3) is 0 Å². The van der Waals surface area contributed by atoms with Gasteiger partial charge < -0.3 is 10.6 Å². The minimum absolute atomic E-state index is 0. The molecule has 0 radical (unpaired) electrons. The quantitative estimate of drug-likeness (QED) is 0.823. The maximum absolute atomic E-state index is 12.2. The van der Waals surface area contributed by atoms with E-state index in [2.05, 4.69) is 17.6 Å². The van der Waals surface area contributed by atoms with Crippen LogP contribution in [0.25, 0.3) is 0 Å². The molecule has 4 heteroatoms. The van der Waals surface area contributed by atoms with Crippen molar-refractivity contribution in [3.63, 3.8) is 0 Å². The van der Waals surface area contributed by atoms with Crippen LogP contribution in [0.2, 0.25) is 0 Å². The van der Waals surface area contributed by atoms with Crippen molar-refractivity contribution >= 4 is 18.3 Å². The van der Waals surface area contributed by atoms with Crippen LogP contribution in [0, 0.1) is 17.3 Å². The van der Waals surface area contributed by atoms with Crippen LogP contribution in [0.5, 0.6) is 0 Å². The molecule has 1 amide bonds. The van der Waals surface area contributed by atoms with Crippen molar-refractivity contribution < 1.29 is 4.79 Å². The highest BCUT2D eigenvalue weighted by atomic mass is 35.5. The molecule has 0 aromatic heterocycles. The Balaban J connectivity index is 0.00000120.